The van der Waals surface area contributed by atoms with E-state index in [4.69, 9.17) is 0 Å². The molecule has 1 heterocycles. The first kappa shape index (κ1) is 21.2. The summed E-state index contributed by atoms with van der Waals surface area (Å²) in [7, 11) is 0. The van der Waals surface area contributed by atoms with E-state index in [1.54, 1.807) is 10.6 Å². The Balaban J connectivity index is 2.40. The number of aromatic nitrogens is 1. The van der Waals surface area contributed by atoms with E-state index in [1.807, 2.05) is 13.8 Å². The highest BCUT2D eigenvalue weighted by Gasteiger charge is 2.41. The molecule has 1 aromatic heterocycles. The minimum Gasteiger partial charge on any atom is -0.480 e. The molecule has 1 aromatic rings. The summed E-state index contributed by atoms with van der Waals surface area (Å²) in [4.78, 5) is 37.8. The summed E-state index contributed by atoms with van der Waals surface area (Å²) >= 11 is 0. The Morgan fingerprint density at radius 3 is 2.41 bits per heavy atom. The Bertz CT molecular complexity index is 758. The second-order valence-electron chi connectivity index (χ2n) is 8.08. The second-order valence-corrected chi connectivity index (χ2v) is 8.08. The smallest absolute Gasteiger partial charge is 0.329 e. The first-order chi connectivity index (χ1) is 12.7. The van der Waals surface area contributed by atoms with Crippen molar-refractivity contribution in [1.82, 2.24) is 9.88 Å². The predicted molar refractivity (Wildman–Crippen MR) is 105 cm³/mol. The molecule has 0 radical (unpaired) electrons. The van der Waals surface area contributed by atoms with Crippen LogP contribution in [0, 0.1) is 12.8 Å². The molecule has 0 bridgehead atoms. The summed E-state index contributed by atoms with van der Waals surface area (Å²) in [6, 6.07) is 1.61. The summed E-state index contributed by atoms with van der Waals surface area (Å²) in [6.45, 7) is 8.65. The maximum Gasteiger partial charge on any atom is 0.329 e. The standard InChI is InChI=1S/C21H32N2O4/c1-5-17-15(4)13-16(19(25)23(17)12-9-14(2)3)18(24)22-21(20(26)27)10-7-6-8-11-21/h13-14H,5-12H2,1-4H3,(H,22,24)(H,26,27). The van der Waals surface area contributed by atoms with Crippen LogP contribution in [0.3, 0.4) is 0 Å². The van der Waals surface area contributed by atoms with Gasteiger partial charge in [-0.2, -0.15) is 0 Å². The van der Waals surface area contributed by atoms with E-state index in [9.17, 15) is 19.5 Å². The van der Waals surface area contributed by atoms with Crippen LogP contribution in [-0.2, 0) is 17.8 Å². The number of nitrogens with one attached hydrogen (secondary N) is 1. The van der Waals surface area contributed by atoms with Gasteiger partial charge in [0.15, 0.2) is 0 Å². The average Bonchev–Trinajstić information content (AvgIpc) is 2.62. The summed E-state index contributed by atoms with van der Waals surface area (Å²) in [5.74, 6) is -1.15. The van der Waals surface area contributed by atoms with Crippen LogP contribution in [0.1, 0.15) is 80.9 Å². The number of pyridine rings is 1. The van der Waals surface area contributed by atoms with E-state index in [0.29, 0.717) is 31.7 Å². The molecule has 6 heteroatoms. The zero-order valence-electron chi connectivity index (χ0n) is 16.9. The minimum absolute atomic E-state index is 0.0413. The van der Waals surface area contributed by atoms with Gasteiger partial charge in [0.05, 0.1) is 0 Å². The fraction of sp³-hybridized carbons (Fsp3) is 0.667. The van der Waals surface area contributed by atoms with Gasteiger partial charge in [0.2, 0.25) is 0 Å². The SMILES string of the molecule is CCc1c(C)cc(C(=O)NC2(C(=O)O)CCCCC2)c(=O)n1CCC(C)C. The third-order valence-electron chi connectivity index (χ3n) is 5.60. The van der Waals surface area contributed by atoms with E-state index in [-0.39, 0.29) is 11.1 Å². The average molecular weight is 376 g/mol. The van der Waals surface area contributed by atoms with Crippen LogP contribution in [0.5, 0.6) is 0 Å². The number of nitrogens with zero attached hydrogens (tertiary/aromatic N) is 1. The third-order valence-corrected chi connectivity index (χ3v) is 5.60. The van der Waals surface area contributed by atoms with Crippen LogP contribution in [0.15, 0.2) is 10.9 Å². The lowest BCUT2D eigenvalue weighted by atomic mass is 9.81. The van der Waals surface area contributed by atoms with E-state index in [2.05, 4.69) is 19.2 Å². The number of carboxylic acids is 1. The number of aliphatic carboxylic acids is 1. The number of carbonyl (C=O) groups is 2. The van der Waals surface area contributed by atoms with Crippen LogP contribution in [0.2, 0.25) is 0 Å². The first-order valence-corrected chi connectivity index (χ1v) is 10.0. The molecule has 27 heavy (non-hydrogen) atoms. The van der Waals surface area contributed by atoms with Crippen molar-refractivity contribution in [3.63, 3.8) is 0 Å². The first-order valence-electron chi connectivity index (χ1n) is 10.0. The maximum atomic E-state index is 13.0. The lowest BCUT2D eigenvalue weighted by Crippen LogP contribution is -2.56. The van der Waals surface area contributed by atoms with Crippen LogP contribution in [-0.4, -0.2) is 27.1 Å². The van der Waals surface area contributed by atoms with Crippen molar-refractivity contribution in [3.05, 3.63) is 33.2 Å². The van der Waals surface area contributed by atoms with Gasteiger partial charge in [0, 0.05) is 12.2 Å². The highest BCUT2D eigenvalue weighted by Crippen LogP contribution is 2.29. The molecule has 0 aromatic carbocycles. The Labute approximate surface area is 161 Å². The van der Waals surface area contributed by atoms with Crippen molar-refractivity contribution in [2.75, 3.05) is 0 Å². The summed E-state index contributed by atoms with van der Waals surface area (Å²) in [5.41, 5.74) is 0.274. The van der Waals surface area contributed by atoms with Crippen molar-refractivity contribution < 1.29 is 14.7 Å². The fourth-order valence-electron chi connectivity index (χ4n) is 3.93. The van der Waals surface area contributed by atoms with Gasteiger partial charge in [0.1, 0.15) is 11.1 Å². The highest BCUT2D eigenvalue weighted by atomic mass is 16.4. The van der Waals surface area contributed by atoms with Gasteiger partial charge in [-0.3, -0.25) is 9.59 Å². The lowest BCUT2D eigenvalue weighted by Gasteiger charge is -2.34. The number of amides is 1. The van der Waals surface area contributed by atoms with Crippen molar-refractivity contribution in [2.24, 2.45) is 5.92 Å². The third kappa shape index (κ3) is 4.60. The number of aryl methyl sites for hydroxylation is 1. The molecule has 0 aliphatic heterocycles. The maximum absolute atomic E-state index is 13.0. The van der Waals surface area contributed by atoms with E-state index in [1.165, 1.54) is 0 Å². The monoisotopic (exact) mass is 376 g/mol. The Morgan fingerprint density at radius 2 is 1.89 bits per heavy atom. The number of carbonyl (C=O) groups excluding carboxylic acids is 1. The molecule has 1 saturated carbocycles. The zero-order valence-corrected chi connectivity index (χ0v) is 16.9. The zero-order chi connectivity index (χ0) is 20.2. The number of hydrogen-bond acceptors (Lipinski definition) is 3. The van der Waals surface area contributed by atoms with Crippen LogP contribution in [0.4, 0.5) is 0 Å². The minimum atomic E-state index is -1.26. The van der Waals surface area contributed by atoms with Gasteiger partial charge in [-0.15, -0.1) is 0 Å². The molecule has 1 amide bonds. The molecule has 1 aliphatic carbocycles. The molecule has 2 N–H and O–H groups in total. The van der Waals surface area contributed by atoms with Crippen LogP contribution < -0.4 is 10.9 Å². The largest absolute Gasteiger partial charge is 0.480 e. The predicted octanol–water partition coefficient (Wildman–Crippen LogP) is 3.28. The Hall–Kier alpha value is -2.11. The van der Waals surface area contributed by atoms with E-state index in [0.717, 1.165) is 36.9 Å². The van der Waals surface area contributed by atoms with Gasteiger partial charge < -0.3 is 15.0 Å². The molecule has 0 saturated heterocycles. The molecule has 150 valence electrons. The summed E-state index contributed by atoms with van der Waals surface area (Å²) in [5, 5.41) is 12.4. The fourth-order valence-corrected chi connectivity index (χ4v) is 3.93. The van der Waals surface area contributed by atoms with Crippen molar-refractivity contribution >= 4 is 11.9 Å². The molecule has 6 nitrogen and oxygen atoms in total. The number of hydrogen-bond donors (Lipinski definition) is 2. The Kier molecular flexibility index (Phi) is 6.84. The number of carboxylic acid groups (broad SMARTS) is 1. The molecular formula is C21H32N2O4. The van der Waals surface area contributed by atoms with Gasteiger partial charge in [0.25, 0.3) is 11.5 Å². The van der Waals surface area contributed by atoms with E-state index < -0.39 is 17.4 Å². The topological polar surface area (TPSA) is 88.4 Å². The Morgan fingerprint density at radius 1 is 1.26 bits per heavy atom. The van der Waals surface area contributed by atoms with Crippen LogP contribution in [0.25, 0.3) is 0 Å². The van der Waals surface area contributed by atoms with Crippen molar-refractivity contribution in [3.8, 4) is 0 Å². The van der Waals surface area contributed by atoms with Gasteiger partial charge >= 0.3 is 5.97 Å². The molecule has 0 atom stereocenters. The second kappa shape index (κ2) is 8.72. The highest BCUT2D eigenvalue weighted by molar-refractivity contribution is 5.97. The van der Waals surface area contributed by atoms with Crippen molar-refractivity contribution in [2.45, 2.75) is 84.7 Å². The van der Waals surface area contributed by atoms with Gasteiger partial charge in [-0.25, -0.2) is 4.79 Å². The lowest BCUT2D eigenvalue weighted by molar-refractivity contribution is -0.145. The summed E-state index contributed by atoms with van der Waals surface area (Å²) < 4.78 is 1.69. The molecule has 1 fully saturated rings. The van der Waals surface area contributed by atoms with Crippen molar-refractivity contribution in [1.29, 1.82) is 0 Å². The number of rotatable bonds is 7. The quantitative estimate of drug-likeness (QED) is 0.764. The van der Waals surface area contributed by atoms with Gasteiger partial charge in [-0.05, 0) is 50.2 Å². The molecule has 1 aliphatic rings. The molecular weight excluding hydrogens is 344 g/mol. The molecule has 0 unspecified atom stereocenters. The molecule has 0 spiro atoms. The van der Waals surface area contributed by atoms with Crippen LogP contribution >= 0.6 is 0 Å². The van der Waals surface area contributed by atoms with Gasteiger partial charge in [-0.1, -0.05) is 40.0 Å². The molecule has 2 rings (SSSR count). The van der Waals surface area contributed by atoms with E-state index >= 15 is 0 Å². The normalized spacial score (nSPS) is 16.3. The summed E-state index contributed by atoms with van der Waals surface area (Å²) in [6.07, 6.45) is 4.86.